The first-order valence-electron chi connectivity index (χ1n) is 9.16. The first kappa shape index (κ1) is 20.1. The molecule has 0 unspecified atom stereocenters. The fourth-order valence-corrected chi connectivity index (χ4v) is 2.79. The van der Waals surface area contributed by atoms with Crippen molar-refractivity contribution >= 4 is 29.4 Å². The SMILES string of the molecule is CCOc1cc(/C=C2\C(=O)N(c3ccccc3)N=C2C)ccc1OCC(=O)OC. The highest BCUT2D eigenvalue weighted by Gasteiger charge is 2.28. The molecule has 0 N–H and O–H groups in total. The molecule has 1 aliphatic rings. The second kappa shape index (κ2) is 9.05. The number of methoxy groups -OCH3 is 1. The number of ether oxygens (including phenoxy) is 3. The van der Waals surface area contributed by atoms with Crippen LogP contribution in [0.1, 0.15) is 19.4 Å². The molecule has 3 rings (SSSR count). The molecule has 0 saturated carbocycles. The van der Waals surface area contributed by atoms with Crippen LogP contribution in [0.15, 0.2) is 59.2 Å². The minimum atomic E-state index is -0.483. The fraction of sp³-hybridized carbons (Fsp3) is 0.227. The summed E-state index contributed by atoms with van der Waals surface area (Å²) >= 11 is 0. The Hall–Kier alpha value is -3.61. The van der Waals surface area contributed by atoms with E-state index in [4.69, 9.17) is 9.47 Å². The summed E-state index contributed by atoms with van der Waals surface area (Å²) in [7, 11) is 1.30. The summed E-state index contributed by atoms with van der Waals surface area (Å²) in [5, 5.41) is 5.76. The Morgan fingerprint density at radius 3 is 2.55 bits per heavy atom. The van der Waals surface area contributed by atoms with Gasteiger partial charge in [0.15, 0.2) is 18.1 Å². The van der Waals surface area contributed by atoms with Crippen LogP contribution in [0, 0.1) is 0 Å². The summed E-state index contributed by atoms with van der Waals surface area (Å²) in [6.07, 6.45) is 1.76. The highest BCUT2D eigenvalue weighted by Crippen LogP contribution is 2.31. The van der Waals surface area contributed by atoms with Gasteiger partial charge in [-0.2, -0.15) is 10.1 Å². The zero-order valence-electron chi connectivity index (χ0n) is 16.5. The first-order chi connectivity index (χ1) is 14.0. The number of hydrogen-bond donors (Lipinski definition) is 0. The number of hydrogen-bond acceptors (Lipinski definition) is 6. The van der Waals surface area contributed by atoms with Gasteiger partial charge < -0.3 is 14.2 Å². The molecule has 1 heterocycles. The van der Waals surface area contributed by atoms with E-state index in [-0.39, 0.29) is 12.5 Å². The maximum Gasteiger partial charge on any atom is 0.343 e. The maximum absolute atomic E-state index is 12.8. The van der Waals surface area contributed by atoms with E-state index in [1.807, 2.05) is 37.3 Å². The molecule has 0 aliphatic carbocycles. The van der Waals surface area contributed by atoms with Gasteiger partial charge >= 0.3 is 5.97 Å². The molecule has 7 heteroatoms. The molecule has 2 aromatic carbocycles. The fourth-order valence-electron chi connectivity index (χ4n) is 2.79. The van der Waals surface area contributed by atoms with Gasteiger partial charge in [-0.3, -0.25) is 4.79 Å². The smallest absolute Gasteiger partial charge is 0.343 e. The van der Waals surface area contributed by atoms with Crippen molar-refractivity contribution in [2.24, 2.45) is 5.10 Å². The summed E-state index contributed by atoms with van der Waals surface area (Å²) in [6.45, 7) is 3.86. The number of rotatable bonds is 7. The van der Waals surface area contributed by atoms with Crippen molar-refractivity contribution in [3.63, 3.8) is 0 Å². The van der Waals surface area contributed by atoms with Crippen LogP contribution in [-0.2, 0) is 14.3 Å². The molecule has 0 spiro atoms. The minimum Gasteiger partial charge on any atom is -0.490 e. The molecule has 7 nitrogen and oxygen atoms in total. The van der Waals surface area contributed by atoms with Crippen molar-refractivity contribution in [1.82, 2.24) is 0 Å². The molecule has 0 saturated heterocycles. The molecule has 0 atom stereocenters. The summed E-state index contributed by atoms with van der Waals surface area (Å²) in [4.78, 5) is 24.2. The molecule has 0 aromatic heterocycles. The van der Waals surface area contributed by atoms with Gasteiger partial charge in [-0.1, -0.05) is 24.3 Å². The van der Waals surface area contributed by atoms with E-state index in [0.29, 0.717) is 35.1 Å². The number of hydrazone groups is 1. The van der Waals surface area contributed by atoms with E-state index in [1.54, 1.807) is 31.2 Å². The van der Waals surface area contributed by atoms with Gasteiger partial charge in [-0.25, -0.2) is 4.79 Å². The lowest BCUT2D eigenvalue weighted by Crippen LogP contribution is -2.21. The Kier molecular flexibility index (Phi) is 6.29. The zero-order chi connectivity index (χ0) is 20.8. The second-order valence-corrected chi connectivity index (χ2v) is 6.20. The Labute approximate surface area is 169 Å². The third-order valence-electron chi connectivity index (χ3n) is 4.22. The highest BCUT2D eigenvalue weighted by molar-refractivity contribution is 6.32. The third kappa shape index (κ3) is 4.63. The topological polar surface area (TPSA) is 77.4 Å². The highest BCUT2D eigenvalue weighted by atomic mass is 16.6. The first-order valence-corrected chi connectivity index (χ1v) is 9.16. The largest absolute Gasteiger partial charge is 0.490 e. The maximum atomic E-state index is 12.8. The lowest BCUT2D eigenvalue weighted by molar-refractivity contribution is -0.142. The molecule has 1 aliphatic heterocycles. The number of carbonyl (C=O) groups is 2. The molecule has 29 heavy (non-hydrogen) atoms. The number of anilines is 1. The van der Waals surface area contributed by atoms with E-state index in [9.17, 15) is 9.59 Å². The number of benzene rings is 2. The quantitative estimate of drug-likeness (QED) is 0.531. The molecule has 150 valence electrons. The number of para-hydroxylation sites is 1. The van der Waals surface area contributed by atoms with E-state index < -0.39 is 5.97 Å². The average Bonchev–Trinajstić information content (AvgIpc) is 3.02. The molecule has 1 amide bonds. The van der Waals surface area contributed by atoms with E-state index in [1.165, 1.54) is 12.1 Å². The molecule has 0 fully saturated rings. The summed E-state index contributed by atoms with van der Waals surface area (Å²) in [5.74, 6) is 0.222. The van der Waals surface area contributed by atoms with Crippen LogP contribution in [0.3, 0.4) is 0 Å². The van der Waals surface area contributed by atoms with E-state index in [2.05, 4.69) is 9.84 Å². The molecule has 0 bridgehead atoms. The number of carbonyl (C=O) groups excluding carboxylic acids is 2. The second-order valence-electron chi connectivity index (χ2n) is 6.20. The number of nitrogens with zero attached hydrogens (tertiary/aromatic N) is 2. The summed E-state index contributed by atoms with van der Waals surface area (Å²) < 4.78 is 15.7. The minimum absolute atomic E-state index is 0.197. The van der Waals surface area contributed by atoms with Crippen molar-refractivity contribution in [2.45, 2.75) is 13.8 Å². The summed E-state index contributed by atoms with van der Waals surface area (Å²) in [6, 6.07) is 14.5. The van der Waals surface area contributed by atoms with Crippen LogP contribution in [0.5, 0.6) is 11.5 Å². The third-order valence-corrected chi connectivity index (χ3v) is 4.22. The molecular weight excluding hydrogens is 372 g/mol. The van der Waals surface area contributed by atoms with E-state index in [0.717, 1.165) is 5.56 Å². The van der Waals surface area contributed by atoms with Crippen LogP contribution in [0.4, 0.5) is 5.69 Å². The van der Waals surface area contributed by atoms with Crippen molar-refractivity contribution in [2.75, 3.05) is 25.3 Å². The van der Waals surface area contributed by atoms with Crippen LogP contribution >= 0.6 is 0 Å². The normalized spacial score (nSPS) is 14.7. The zero-order valence-corrected chi connectivity index (χ0v) is 16.5. The monoisotopic (exact) mass is 394 g/mol. The van der Waals surface area contributed by atoms with Crippen LogP contribution < -0.4 is 14.5 Å². The Balaban J connectivity index is 1.86. The van der Waals surface area contributed by atoms with Gasteiger partial charge in [0.05, 0.1) is 30.7 Å². The van der Waals surface area contributed by atoms with Gasteiger partial charge in [-0.15, -0.1) is 0 Å². The van der Waals surface area contributed by atoms with Crippen molar-refractivity contribution < 1.29 is 23.8 Å². The molecular formula is C22H22N2O5. The lowest BCUT2D eigenvalue weighted by Gasteiger charge is -2.12. The van der Waals surface area contributed by atoms with Crippen LogP contribution in [-0.4, -0.2) is 37.9 Å². The lowest BCUT2D eigenvalue weighted by atomic mass is 10.1. The molecule has 0 radical (unpaired) electrons. The van der Waals surface area contributed by atoms with Gasteiger partial charge in [0.25, 0.3) is 5.91 Å². The Morgan fingerprint density at radius 1 is 1.10 bits per heavy atom. The van der Waals surface area contributed by atoms with E-state index >= 15 is 0 Å². The van der Waals surface area contributed by atoms with Crippen LogP contribution in [0.2, 0.25) is 0 Å². The predicted molar refractivity (Wildman–Crippen MR) is 110 cm³/mol. The van der Waals surface area contributed by atoms with Gasteiger partial charge in [0, 0.05) is 0 Å². The van der Waals surface area contributed by atoms with Gasteiger partial charge in [0.1, 0.15) is 0 Å². The van der Waals surface area contributed by atoms with Crippen molar-refractivity contribution in [1.29, 1.82) is 0 Å². The number of amides is 1. The van der Waals surface area contributed by atoms with Gasteiger partial charge in [0.2, 0.25) is 0 Å². The Morgan fingerprint density at radius 2 is 1.86 bits per heavy atom. The summed E-state index contributed by atoms with van der Waals surface area (Å²) in [5.41, 5.74) is 2.59. The van der Waals surface area contributed by atoms with Crippen LogP contribution in [0.25, 0.3) is 6.08 Å². The van der Waals surface area contributed by atoms with Crippen molar-refractivity contribution in [3.8, 4) is 11.5 Å². The standard InChI is InChI=1S/C22H22N2O5/c1-4-28-20-13-16(10-11-19(20)29-14-21(25)27-3)12-18-15(2)23-24(22(18)26)17-8-6-5-7-9-17/h5-13H,4,14H2,1-3H3/b18-12-. The predicted octanol–water partition coefficient (Wildman–Crippen LogP) is 3.44. The number of esters is 1. The molecule has 2 aromatic rings. The Bertz CT molecular complexity index is 966. The average molecular weight is 394 g/mol. The van der Waals surface area contributed by atoms with Gasteiger partial charge in [-0.05, 0) is 49.8 Å². The van der Waals surface area contributed by atoms with Crippen molar-refractivity contribution in [3.05, 3.63) is 59.7 Å².